The van der Waals surface area contributed by atoms with Crippen molar-refractivity contribution in [3.63, 3.8) is 0 Å². The normalized spacial score (nSPS) is 17.0. The van der Waals surface area contributed by atoms with Gasteiger partial charge in [0, 0.05) is 31.4 Å². The summed E-state index contributed by atoms with van der Waals surface area (Å²) in [6, 6.07) is 6.41. The average molecular weight is 304 g/mol. The maximum Gasteiger partial charge on any atom is 0.293 e. The Morgan fingerprint density at radius 1 is 1.45 bits per heavy atom. The molecule has 2 rings (SSSR count). The van der Waals surface area contributed by atoms with Crippen molar-refractivity contribution in [2.75, 3.05) is 39.2 Å². The Labute approximate surface area is 129 Å². The molecular weight excluding hydrogens is 284 g/mol. The largest absolute Gasteiger partial charge is 0.381 e. The van der Waals surface area contributed by atoms with E-state index in [1.165, 1.54) is 6.07 Å². The van der Waals surface area contributed by atoms with Crippen molar-refractivity contribution >= 4 is 11.4 Å². The molecule has 1 aromatic rings. The van der Waals surface area contributed by atoms with Crippen LogP contribution in [0.4, 0.5) is 11.4 Å². The van der Waals surface area contributed by atoms with Crippen LogP contribution in [0.3, 0.4) is 0 Å². The summed E-state index contributed by atoms with van der Waals surface area (Å²) in [5, 5.41) is 23.2. The van der Waals surface area contributed by atoms with Crippen LogP contribution in [0.5, 0.6) is 0 Å². The quantitative estimate of drug-likeness (QED) is 0.660. The Kier molecular flexibility index (Phi) is 4.96. The first-order chi connectivity index (χ1) is 10.5. The lowest BCUT2D eigenvalue weighted by molar-refractivity contribution is -0.384. The summed E-state index contributed by atoms with van der Waals surface area (Å²) in [6.07, 6.45) is 1.74. The molecule has 0 spiro atoms. The summed E-state index contributed by atoms with van der Waals surface area (Å²) in [7, 11) is 4.03. The number of rotatable bonds is 5. The van der Waals surface area contributed by atoms with Crippen molar-refractivity contribution in [2.45, 2.75) is 18.4 Å². The van der Waals surface area contributed by atoms with Crippen LogP contribution in [-0.2, 0) is 4.74 Å². The molecule has 0 saturated carbocycles. The summed E-state index contributed by atoms with van der Waals surface area (Å²) >= 11 is 0. The smallest absolute Gasteiger partial charge is 0.293 e. The molecule has 1 heterocycles. The maximum absolute atomic E-state index is 11.2. The van der Waals surface area contributed by atoms with Gasteiger partial charge in [0.05, 0.1) is 16.6 Å². The molecule has 1 aliphatic heterocycles. The molecule has 0 bridgehead atoms. The number of ether oxygens (including phenoxy) is 1. The number of nitro groups is 1. The standard InChI is InChI=1S/C15H20N4O3/c1-18(2)15(5-7-22-8-6-15)11-17-13-4-3-12(10-16)9-14(13)19(20)21/h3-4,9,17H,5-8,11H2,1-2H3. The van der Waals surface area contributed by atoms with Gasteiger partial charge >= 0.3 is 0 Å². The lowest BCUT2D eigenvalue weighted by Crippen LogP contribution is -2.53. The fraction of sp³-hybridized carbons (Fsp3) is 0.533. The molecule has 118 valence electrons. The van der Waals surface area contributed by atoms with Gasteiger partial charge in [-0.05, 0) is 39.1 Å². The second-order valence-electron chi connectivity index (χ2n) is 5.69. The lowest BCUT2D eigenvalue weighted by Gasteiger charge is -2.43. The van der Waals surface area contributed by atoms with Crippen LogP contribution in [0.1, 0.15) is 18.4 Å². The molecule has 0 radical (unpaired) electrons. The van der Waals surface area contributed by atoms with Crippen molar-refractivity contribution in [1.82, 2.24) is 4.90 Å². The van der Waals surface area contributed by atoms with Crippen LogP contribution in [-0.4, -0.2) is 49.2 Å². The van der Waals surface area contributed by atoms with Crippen LogP contribution >= 0.6 is 0 Å². The van der Waals surface area contributed by atoms with E-state index in [1.54, 1.807) is 12.1 Å². The molecule has 7 heteroatoms. The first-order valence-corrected chi connectivity index (χ1v) is 7.16. The summed E-state index contributed by atoms with van der Waals surface area (Å²) in [5.41, 5.74) is 0.572. The van der Waals surface area contributed by atoms with E-state index in [1.807, 2.05) is 20.2 Å². The van der Waals surface area contributed by atoms with E-state index in [4.69, 9.17) is 10.00 Å². The molecule has 7 nitrogen and oxygen atoms in total. The van der Waals surface area contributed by atoms with Crippen molar-refractivity contribution in [3.05, 3.63) is 33.9 Å². The molecule has 1 saturated heterocycles. The van der Waals surface area contributed by atoms with E-state index < -0.39 is 4.92 Å². The summed E-state index contributed by atoms with van der Waals surface area (Å²) < 4.78 is 5.42. The van der Waals surface area contributed by atoms with E-state index in [-0.39, 0.29) is 16.8 Å². The van der Waals surface area contributed by atoms with E-state index >= 15 is 0 Å². The van der Waals surface area contributed by atoms with E-state index in [2.05, 4.69) is 10.2 Å². The van der Waals surface area contributed by atoms with Crippen molar-refractivity contribution in [1.29, 1.82) is 5.26 Å². The zero-order valence-electron chi connectivity index (χ0n) is 12.8. The monoisotopic (exact) mass is 304 g/mol. The molecule has 1 N–H and O–H groups in total. The average Bonchev–Trinajstić information content (AvgIpc) is 2.53. The van der Waals surface area contributed by atoms with E-state index in [0.29, 0.717) is 25.4 Å². The zero-order valence-corrected chi connectivity index (χ0v) is 12.8. The van der Waals surface area contributed by atoms with Gasteiger partial charge in [-0.3, -0.25) is 10.1 Å². The van der Waals surface area contributed by atoms with Gasteiger partial charge in [-0.2, -0.15) is 5.26 Å². The van der Waals surface area contributed by atoms with Gasteiger partial charge in [-0.1, -0.05) is 0 Å². The number of hydrogen-bond donors (Lipinski definition) is 1. The minimum Gasteiger partial charge on any atom is -0.381 e. The third kappa shape index (κ3) is 3.35. The van der Waals surface area contributed by atoms with Gasteiger partial charge in [0.2, 0.25) is 0 Å². The molecule has 1 aromatic carbocycles. The van der Waals surface area contributed by atoms with E-state index in [0.717, 1.165) is 12.8 Å². The van der Waals surface area contributed by atoms with Crippen molar-refractivity contribution in [3.8, 4) is 6.07 Å². The Balaban J connectivity index is 2.20. The topological polar surface area (TPSA) is 91.4 Å². The van der Waals surface area contributed by atoms with Crippen LogP contribution < -0.4 is 5.32 Å². The third-order valence-electron chi connectivity index (χ3n) is 4.30. The maximum atomic E-state index is 11.2. The van der Waals surface area contributed by atoms with Gasteiger partial charge in [-0.15, -0.1) is 0 Å². The molecule has 0 atom stereocenters. The van der Waals surface area contributed by atoms with Crippen LogP contribution in [0.15, 0.2) is 18.2 Å². The number of nitrogens with zero attached hydrogens (tertiary/aromatic N) is 3. The molecule has 22 heavy (non-hydrogen) atoms. The highest BCUT2D eigenvalue weighted by molar-refractivity contribution is 5.64. The zero-order chi connectivity index (χ0) is 16.2. The Hall–Kier alpha value is -2.17. The van der Waals surface area contributed by atoms with Gasteiger partial charge in [-0.25, -0.2) is 0 Å². The van der Waals surface area contributed by atoms with Gasteiger partial charge in [0.25, 0.3) is 5.69 Å². The second kappa shape index (κ2) is 6.73. The predicted molar refractivity (Wildman–Crippen MR) is 82.8 cm³/mol. The first-order valence-electron chi connectivity index (χ1n) is 7.16. The van der Waals surface area contributed by atoms with E-state index in [9.17, 15) is 10.1 Å². The molecule has 0 aliphatic carbocycles. The molecular formula is C15H20N4O3. The molecule has 1 fully saturated rings. The molecule has 0 unspecified atom stereocenters. The third-order valence-corrected chi connectivity index (χ3v) is 4.30. The fourth-order valence-corrected chi connectivity index (χ4v) is 2.69. The van der Waals surface area contributed by atoms with Crippen LogP contribution in [0.25, 0.3) is 0 Å². The number of nitriles is 1. The first kappa shape index (κ1) is 16.2. The second-order valence-corrected chi connectivity index (χ2v) is 5.69. The Bertz CT molecular complexity index is 589. The van der Waals surface area contributed by atoms with Crippen LogP contribution in [0.2, 0.25) is 0 Å². The predicted octanol–water partition coefficient (Wildman–Crippen LogP) is 1.99. The van der Waals surface area contributed by atoms with Gasteiger partial charge < -0.3 is 15.0 Å². The summed E-state index contributed by atoms with van der Waals surface area (Å²) in [4.78, 5) is 12.9. The molecule has 0 amide bonds. The minimum atomic E-state index is -0.463. The molecule has 1 aliphatic rings. The van der Waals surface area contributed by atoms with Crippen LogP contribution in [0, 0.1) is 21.4 Å². The number of hydrogen-bond acceptors (Lipinski definition) is 6. The Morgan fingerprint density at radius 2 is 2.14 bits per heavy atom. The Morgan fingerprint density at radius 3 is 2.68 bits per heavy atom. The number of nitro benzene ring substituents is 1. The van der Waals surface area contributed by atoms with Gasteiger partial charge in [0.1, 0.15) is 5.69 Å². The molecule has 0 aromatic heterocycles. The highest BCUT2D eigenvalue weighted by Gasteiger charge is 2.35. The van der Waals surface area contributed by atoms with Crippen molar-refractivity contribution in [2.24, 2.45) is 0 Å². The number of likely N-dealkylation sites (N-methyl/N-ethyl adjacent to an activating group) is 1. The number of anilines is 1. The number of nitrogens with one attached hydrogen (secondary N) is 1. The van der Waals surface area contributed by atoms with Crippen molar-refractivity contribution < 1.29 is 9.66 Å². The minimum absolute atomic E-state index is 0.0694. The number of benzene rings is 1. The SMILES string of the molecule is CN(C)C1(CNc2ccc(C#N)cc2[N+](=O)[O-])CCOCC1. The lowest BCUT2D eigenvalue weighted by atomic mass is 9.88. The highest BCUT2D eigenvalue weighted by Crippen LogP contribution is 2.30. The van der Waals surface area contributed by atoms with Gasteiger partial charge in [0.15, 0.2) is 0 Å². The summed E-state index contributed by atoms with van der Waals surface area (Å²) in [5.74, 6) is 0. The highest BCUT2D eigenvalue weighted by atomic mass is 16.6. The summed E-state index contributed by atoms with van der Waals surface area (Å²) in [6.45, 7) is 1.97. The fourth-order valence-electron chi connectivity index (χ4n) is 2.69.